The lowest BCUT2D eigenvalue weighted by molar-refractivity contribution is -0.158. The Labute approximate surface area is 319 Å². The third-order valence-electron chi connectivity index (χ3n) is 9.61. The van der Waals surface area contributed by atoms with Crippen molar-refractivity contribution in [1.82, 2.24) is 20.5 Å². The Morgan fingerprint density at radius 1 is 1.02 bits per heavy atom. The molecule has 1 aromatic heterocycles. The van der Waals surface area contributed by atoms with Crippen LogP contribution >= 0.6 is 23.4 Å². The molecular weight excluding hydrogens is 720 g/mol. The van der Waals surface area contributed by atoms with Crippen LogP contribution in [-0.2, 0) is 21.7 Å². The van der Waals surface area contributed by atoms with E-state index in [-0.39, 0.29) is 24.5 Å². The quantitative estimate of drug-likeness (QED) is 0.0587. The zero-order chi connectivity index (χ0) is 38.0. The van der Waals surface area contributed by atoms with E-state index < -0.39 is 36.9 Å². The van der Waals surface area contributed by atoms with Gasteiger partial charge in [-0.05, 0) is 97.7 Å². The van der Waals surface area contributed by atoms with Crippen molar-refractivity contribution >= 4 is 35.2 Å². The van der Waals surface area contributed by atoms with Crippen molar-refractivity contribution < 1.29 is 39.9 Å². The Morgan fingerprint density at radius 2 is 1.77 bits per heavy atom. The Kier molecular flexibility index (Phi) is 14.9. The van der Waals surface area contributed by atoms with Crippen molar-refractivity contribution in [3.63, 3.8) is 0 Å². The third-order valence-corrected chi connectivity index (χ3v) is 11.1. The molecule has 12 nitrogen and oxygen atoms in total. The number of halogens is 1. The van der Waals surface area contributed by atoms with Crippen molar-refractivity contribution in [2.45, 2.75) is 99.4 Å². The molecule has 0 aliphatic heterocycles. The molecule has 0 spiro atoms. The van der Waals surface area contributed by atoms with E-state index in [9.17, 15) is 30.0 Å². The fourth-order valence-corrected chi connectivity index (χ4v) is 7.35. The van der Waals surface area contributed by atoms with E-state index in [1.54, 1.807) is 11.8 Å². The molecule has 0 saturated heterocycles. The van der Waals surface area contributed by atoms with E-state index in [1.807, 2.05) is 42.7 Å². The van der Waals surface area contributed by atoms with E-state index >= 15 is 0 Å². The van der Waals surface area contributed by atoms with Gasteiger partial charge in [0.15, 0.2) is 6.10 Å². The minimum Gasteiger partial charge on any atom is -0.490 e. The highest BCUT2D eigenvalue weighted by Crippen LogP contribution is 2.50. The van der Waals surface area contributed by atoms with Crippen LogP contribution < -0.4 is 15.4 Å². The summed E-state index contributed by atoms with van der Waals surface area (Å²) in [6, 6.07) is 16.3. The molecule has 288 valence electrons. The molecule has 2 fully saturated rings. The summed E-state index contributed by atoms with van der Waals surface area (Å²) in [6.07, 6.45) is 2.36. The number of amides is 2. The van der Waals surface area contributed by atoms with Gasteiger partial charge in [-0.15, -0.1) is 11.8 Å². The predicted octanol–water partition coefficient (Wildman–Crippen LogP) is 3.39. The van der Waals surface area contributed by atoms with Crippen molar-refractivity contribution in [3.8, 4) is 16.9 Å². The highest BCUT2D eigenvalue weighted by Gasteiger charge is 2.46. The Morgan fingerprint density at radius 3 is 2.49 bits per heavy atom. The van der Waals surface area contributed by atoms with Crippen molar-refractivity contribution in [1.29, 1.82) is 0 Å². The molecule has 0 unspecified atom stereocenters. The highest BCUT2D eigenvalue weighted by molar-refractivity contribution is 7.99. The van der Waals surface area contributed by atoms with Crippen LogP contribution in [0.2, 0.25) is 5.02 Å². The van der Waals surface area contributed by atoms with E-state index in [2.05, 4.69) is 33.8 Å². The molecule has 2 amide bonds. The number of unbranched alkanes of at least 4 members (excludes halogenated alkanes) is 1. The fourth-order valence-electron chi connectivity index (χ4n) is 6.19. The number of thioether (sulfide) groups is 1. The second-order valence-corrected chi connectivity index (χ2v) is 15.4. The average Bonchev–Trinajstić information content (AvgIpc) is 4.12. The molecule has 2 aromatic carbocycles. The summed E-state index contributed by atoms with van der Waals surface area (Å²) in [5.41, 5.74) is 4.12. The van der Waals surface area contributed by atoms with Gasteiger partial charge in [-0.3, -0.25) is 14.6 Å². The van der Waals surface area contributed by atoms with Crippen LogP contribution in [0.1, 0.15) is 63.0 Å². The van der Waals surface area contributed by atoms with Crippen LogP contribution in [0.15, 0.2) is 65.8 Å². The monoisotopic (exact) mass is 770 g/mol. The number of rotatable bonds is 22. The van der Waals surface area contributed by atoms with Crippen LogP contribution in [0.5, 0.6) is 5.75 Å². The molecule has 3 aromatic rings. The maximum absolute atomic E-state index is 13.1. The van der Waals surface area contributed by atoms with Crippen LogP contribution in [-0.4, -0.2) is 110 Å². The van der Waals surface area contributed by atoms with Gasteiger partial charge in [-0.25, -0.2) is 0 Å². The van der Waals surface area contributed by atoms with Crippen LogP contribution in [0, 0.1) is 0 Å². The van der Waals surface area contributed by atoms with Gasteiger partial charge in [0.1, 0.15) is 24.1 Å². The average molecular weight is 771 g/mol. The smallest absolute Gasteiger partial charge is 0.254 e. The normalized spacial score (nSPS) is 17.0. The Balaban J connectivity index is 1.15. The summed E-state index contributed by atoms with van der Waals surface area (Å²) in [6.45, 7) is 1.92. The van der Waals surface area contributed by atoms with Crippen molar-refractivity contribution in [2.75, 3.05) is 32.0 Å². The third kappa shape index (κ3) is 11.4. The van der Waals surface area contributed by atoms with Gasteiger partial charge in [-0.2, -0.15) is 0 Å². The van der Waals surface area contributed by atoms with Gasteiger partial charge >= 0.3 is 0 Å². The molecule has 5 rings (SSSR count). The summed E-state index contributed by atoms with van der Waals surface area (Å²) in [5, 5.41) is 56.7. The van der Waals surface area contributed by atoms with Crippen LogP contribution in [0.4, 0.5) is 0 Å². The lowest BCUT2D eigenvalue weighted by atomic mass is 9.94. The molecule has 1 heterocycles. The van der Waals surface area contributed by atoms with Gasteiger partial charge in [0.2, 0.25) is 5.91 Å². The number of nitrogens with zero attached hydrogens (tertiary/aromatic N) is 2. The molecule has 14 heteroatoms. The zero-order valence-electron chi connectivity index (χ0n) is 30.0. The zero-order valence-corrected chi connectivity index (χ0v) is 31.6. The van der Waals surface area contributed by atoms with Gasteiger partial charge in [0, 0.05) is 66.5 Å². The number of hydrogen-bond acceptors (Lipinski definition) is 11. The first-order valence-corrected chi connectivity index (χ1v) is 19.6. The SMILES string of the molecule is CC(=O)NCCCN(CCCCSc1ccc(Cl)c(CNC2(c3cnccc3-c3ccccc3OC3CC3)CC2)c1)C(=O)[C@@H](O)[C@@H](O)[C@H](O)[C@@H](O)CO. The Hall–Kier alpha value is -3.27. The summed E-state index contributed by atoms with van der Waals surface area (Å²) in [5.74, 6) is 0.636. The number of nitrogens with one attached hydrogen (secondary N) is 2. The highest BCUT2D eigenvalue weighted by atomic mass is 35.5. The van der Waals surface area contributed by atoms with Crippen molar-refractivity contribution in [2.24, 2.45) is 0 Å². The molecule has 2 aliphatic rings. The molecule has 7 N–H and O–H groups in total. The maximum Gasteiger partial charge on any atom is 0.254 e. The number of hydrogen-bond donors (Lipinski definition) is 7. The Bertz CT molecular complexity index is 1680. The first-order valence-electron chi connectivity index (χ1n) is 18.3. The largest absolute Gasteiger partial charge is 0.490 e. The van der Waals surface area contributed by atoms with Crippen molar-refractivity contribution in [3.05, 3.63) is 77.1 Å². The topological polar surface area (TPSA) is 185 Å². The molecule has 53 heavy (non-hydrogen) atoms. The minimum absolute atomic E-state index is 0.199. The molecule has 4 atom stereocenters. The second kappa shape index (κ2) is 19.4. The van der Waals surface area contributed by atoms with E-state index in [1.165, 1.54) is 11.8 Å². The van der Waals surface area contributed by atoms with Crippen LogP contribution in [0.3, 0.4) is 0 Å². The second-order valence-electron chi connectivity index (χ2n) is 13.8. The number of aliphatic hydroxyl groups excluding tert-OH is 5. The summed E-state index contributed by atoms with van der Waals surface area (Å²) in [4.78, 5) is 31.3. The minimum atomic E-state index is -2.00. The molecule has 0 radical (unpaired) electrons. The number of ether oxygens (including phenoxy) is 1. The maximum atomic E-state index is 13.1. The number of pyridine rings is 1. The van der Waals surface area contributed by atoms with Gasteiger partial charge in [0.05, 0.1) is 12.7 Å². The number of aromatic nitrogens is 1. The first kappa shape index (κ1) is 40.9. The molecule has 2 aliphatic carbocycles. The van der Waals surface area contributed by atoms with Gasteiger partial charge in [0.25, 0.3) is 5.91 Å². The summed E-state index contributed by atoms with van der Waals surface area (Å²) in [7, 11) is 0. The van der Waals surface area contributed by atoms with Gasteiger partial charge < -0.3 is 45.8 Å². The number of para-hydroxylation sites is 1. The lowest BCUT2D eigenvalue weighted by Crippen LogP contribution is -2.53. The summed E-state index contributed by atoms with van der Waals surface area (Å²) < 4.78 is 6.26. The predicted molar refractivity (Wildman–Crippen MR) is 203 cm³/mol. The fraction of sp³-hybridized carbons (Fsp3) is 0.513. The number of benzene rings is 2. The molecule has 2 saturated carbocycles. The van der Waals surface area contributed by atoms with E-state index in [0.717, 1.165) is 70.8 Å². The van der Waals surface area contributed by atoms with Gasteiger partial charge in [-0.1, -0.05) is 29.8 Å². The standard InChI is InChI=1S/C39H51ClN4O8S/c1-25(46)42-16-6-19-44(38(51)37(50)36(49)35(48)33(47)24-45)18-4-5-20-53-28-11-12-32(40)26(21-28)22-43-39(14-15-39)31-23-41-17-13-29(31)30-7-2-3-8-34(30)52-27-9-10-27/h2-3,7-8,11-13,17,21,23,27,33,35-37,43,45,47-50H,4-6,9-10,14-16,18-20,22,24H2,1H3,(H,42,46)/t33-,35+,36-,37-/m0/s1. The number of aliphatic hydroxyl groups is 5. The van der Waals surface area contributed by atoms with E-state index in [0.29, 0.717) is 37.1 Å². The number of carbonyl (C=O) groups is 2. The van der Waals surface area contributed by atoms with E-state index in [4.69, 9.17) is 21.4 Å². The first-order chi connectivity index (χ1) is 25.5. The molecule has 0 bridgehead atoms. The number of carbonyl (C=O) groups excluding carboxylic acids is 2. The lowest BCUT2D eigenvalue weighted by Gasteiger charge is -2.30. The summed E-state index contributed by atoms with van der Waals surface area (Å²) >= 11 is 8.36. The molecular formula is C39H51ClN4O8S. The van der Waals surface area contributed by atoms with Crippen LogP contribution in [0.25, 0.3) is 11.1 Å².